The molecule has 2 heterocycles. The second-order valence-electron chi connectivity index (χ2n) is 7.55. The second kappa shape index (κ2) is 8.06. The summed E-state index contributed by atoms with van der Waals surface area (Å²) in [5, 5.41) is 4.58. The van der Waals surface area contributed by atoms with Gasteiger partial charge in [0.1, 0.15) is 6.04 Å². The van der Waals surface area contributed by atoms with E-state index < -0.39 is 30.4 Å². The van der Waals surface area contributed by atoms with Gasteiger partial charge in [-0.05, 0) is 50.3 Å². The van der Waals surface area contributed by atoms with E-state index in [1.807, 2.05) is 30.3 Å². The maximum Gasteiger partial charge on any atom is 0.357 e. The standard InChI is InChI=1S/C21H24N4O4/c22-20(27)17-8-4-5-11-24(17)19(26)13-29-21(28)18-12-16(14-9-10-14)23-25(18)15-6-2-1-3-7-15/h1-3,6-7,12,14,17H,4-5,8-11,13H2,(H2,22,27)/t17-/m1/s1. The molecule has 4 rings (SSSR count). The van der Waals surface area contributed by atoms with Gasteiger partial charge in [0.25, 0.3) is 5.91 Å². The van der Waals surface area contributed by atoms with Crippen molar-refractivity contribution >= 4 is 17.8 Å². The van der Waals surface area contributed by atoms with E-state index in [1.165, 1.54) is 4.90 Å². The minimum atomic E-state index is -0.633. The molecular formula is C21H24N4O4. The minimum Gasteiger partial charge on any atom is -0.451 e. The number of benzene rings is 1. The Morgan fingerprint density at radius 3 is 2.55 bits per heavy atom. The predicted octanol–water partition coefficient (Wildman–Crippen LogP) is 1.77. The Hall–Kier alpha value is -3.16. The number of nitrogens with zero attached hydrogens (tertiary/aromatic N) is 3. The summed E-state index contributed by atoms with van der Waals surface area (Å²) < 4.78 is 6.87. The molecule has 2 fully saturated rings. The summed E-state index contributed by atoms with van der Waals surface area (Å²) >= 11 is 0. The van der Waals surface area contributed by atoms with E-state index >= 15 is 0 Å². The molecule has 1 aromatic heterocycles. The number of carbonyl (C=O) groups is 3. The Morgan fingerprint density at radius 2 is 1.86 bits per heavy atom. The fraction of sp³-hybridized carbons (Fsp3) is 0.429. The summed E-state index contributed by atoms with van der Waals surface area (Å²) in [6.07, 6.45) is 4.30. The number of aromatic nitrogens is 2. The fourth-order valence-corrected chi connectivity index (χ4v) is 3.70. The van der Waals surface area contributed by atoms with Crippen molar-refractivity contribution in [2.24, 2.45) is 5.73 Å². The monoisotopic (exact) mass is 396 g/mol. The molecule has 0 unspecified atom stereocenters. The molecular weight excluding hydrogens is 372 g/mol. The van der Waals surface area contributed by atoms with Gasteiger partial charge in [-0.1, -0.05) is 18.2 Å². The number of para-hydroxylation sites is 1. The average Bonchev–Trinajstić information content (AvgIpc) is 3.50. The van der Waals surface area contributed by atoms with Crippen LogP contribution in [0.25, 0.3) is 5.69 Å². The van der Waals surface area contributed by atoms with E-state index in [9.17, 15) is 14.4 Å². The van der Waals surface area contributed by atoms with Crippen LogP contribution in [0.5, 0.6) is 0 Å². The van der Waals surface area contributed by atoms with Crippen molar-refractivity contribution in [2.45, 2.75) is 44.1 Å². The number of esters is 1. The van der Waals surface area contributed by atoms with Gasteiger partial charge in [0.05, 0.1) is 11.4 Å². The molecule has 1 saturated carbocycles. The molecule has 1 atom stereocenters. The van der Waals surface area contributed by atoms with Gasteiger partial charge >= 0.3 is 5.97 Å². The van der Waals surface area contributed by atoms with Crippen LogP contribution >= 0.6 is 0 Å². The normalized spacial score (nSPS) is 19.0. The smallest absolute Gasteiger partial charge is 0.357 e. The number of likely N-dealkylation sites (tertiary alicyclic amines) is 1. The van der Waals surface area contributed by atoms with Crippen LogP contribution < -0.4 is 5.73 Å². The van der Waals surface area contributed by atoms with E-state index in [1.54, 1.807) is 10.7 Å². The maximum atomic E-state index is 12.8. The lowest BCUT2D eigenvalue weighted by Crippen LogP contribution is -2.51. The molecule has 0 radical (unpaired) electrons. The van der Waals surface area contributed by atoms with Gasteiger partial charge in [-0.25, -0.2) is 9.48 Å². The lowest BCUT2D eigenvalue weighted by molar-refractivity contribution is -0.143. The van der Waals surface area contributed by atoms with Gasteiger partial charge in [-0.3, -0.25) is 9.59 Å². The molecule has 8 nitrogen and oxygen atoms in total. The van der Waals surface area contributed by atoms with Gasteiger partial charge in [0.2, 0.25) is 5.91 Å². The van der Waals surface area contributed by atoms with Crippen LogP contribution in [0.4, 0.5) is 0 Å². The molecule has 1 aliphatic heterocycles. The Balaban J connectivity index is 1.48. The quantitative estimate of drug-likeness (QED) is 0.749. The largest absolute Gasteiger partial charge is 0.451 e. The summed E-state index contributed by atoms with van der Waals surface area (Å²) in [7, 11) is 0. The average molecular weight is 396 g/mol. The van der Waals surface area contributed by atoms with E-state index in [0.717, 1.165) is 37.1 Å². The highest BCUT2D eigenvalue weighted by atomic mass is 16.5. The van der Waals surface area contributed by atoms with Crippen molar-refractivity contribution < 1.29 is 19.1 Å². The highest BCUT2D eigenvalue weighted by Gasteiger charge is 2.32. The maximum absolute atomic E-state index is 12.8. The van der Waals surface area contributed by atoms with Crippen molar-refractivity contribution in [1.29, 1.82) is 0 Å². The lowest BCUT2D eigenvalue weighted by atomic mass is 10.0. The third-order valence-electron chi connectivity index (χ3n) is 5.41. The van der Waals surface area contributed by atoms with Gasteiger partial charge in [0.15, 0.2) is 12.3 Å². The number of hydrogen-bond donors (Lipinski definition) is 1. The highest BCUT2D eigenvalue weighted by Crippen LogP contribution is 2.39. The molecule has 2 aromatic rings. The van der Waals surface area contributed by atoms with E-state index in [-0.39, 0.29) is 5.69 Å². The zero-order chi connectivity index (χ0) is 20.4. The lowest BCUT2D eigenvalue weighted by Gasteiger charge is -2.33. The first-order chi connectivity index (χ1) is 14.0. The number of hydrogen-bond acceptors (Lipinski definition) is 5. The van der Waals surface area contributed by atoms with Crippen molar-refractivity contribution in [3.05, 3.63) is 47.8 Å². The van der Waals surface area contributed by atoms with Crippen LogP contribution in [0.2, 0.25) is 0 Å². The van der Waals surface area contributed by atoms with Crippen molar-refractivity contribution in [3.63, 3.8) is 0 Å². The number of primary amides is 1. The molecule has 2 N–H and O–H groups in total. The molecule has 8 heteroatoms. The van der Waals surface area contributed by atoms with E-state index in [4.69, 9.17) is 10.5 Å². The third kappa shape index (κ3) is 4.16. The number of amides is 2. The van der Waals surface area contributed by atoms with Gasteiger partial charge in [-0.15, -0.1) is 0 Å². The SMILES string of the molecule is NC(=O)[C@H]1CCCCN1C(=O)COC(=O)c1cc(C2CC2)nn1-c1ccccc1. The minimum absolute atomic E-state index is 0.288. The van der Waals surface area contributed by atoms with Gasteiger partial charge in [-0.2, -0.15) is 5.10 Å². The Bertz CT molecular complexity index is 920. The summed E-state index contributed by atoms with van der Waals surface area (Å²) in [6, 6.07) is 10.4. The molecule has 2 amide bonds. The van der Waals surface area contributed by atoms with Crippen molar-refractivity contribution in [3.8, 4) is 5.69 Å². The summed E-state index contributed by atoms with van der Waals surface area (Å²) in [4.78, 5) is 38.3. The molecule has 1 aliphatic carbocycles. The molecule has 2 aliphatic rings. The zero-order valence-corrected chi connectivity index (χ0v) is 16.1. The van der Waals surface area contributed by atoms with E-state index in [2.05, 4.69) is 5.10 Å². The van der Waals surface area contributed by atoms with Crippen LogP contribution in [0.1, 0.15) is 54.2 Å². The molecule has 152 valence electrons. The summed E-state index contributed by atoms with van der Waals surface area (Å²) in [6.45, 7) is 0.0130. The first-order valence-corrected chi connectivity index (χ1v) is 9.96. The highest BCUT2D eigenvalue weighted by molar-refractivity contribution is 5.92. The van der Waals surface area contributed by atoms with Crippen molar-refractivity contribution in [1.82, 2.24) is 14.7 Å². The summed E-state index contributed by atoms with van der Waals surface area (Å²) in [5.74, 6) is -1.18. The Kier molecular flexibility index (Phi) is 5.33. The topological polar surface area (TPSA) is 108 Å². The number of ether oxygens (including phenoxy) is 1. The number of nitrogens with two attached hydrogens (primary N) is 1. The predicted molar refractivity (Wildman–Crippen MR) is 104 cm³/mol. The first kappa shape index (κ1) is 19.2. The number of rotatable bonds is 6. The van der Waals surface area contributed by atoms with Crippen LogP contribution in [-0.2, 0) is 14.3 Å². The second-order valence-corrected chi connectivity index (χ2v) is 7.55. The fourth-order valence-electron chi connectivity index (χ4n) is 3.70. The van der Waals surface area contributed by atoms with Crippen LogP contribution in [0.3, 0.4) is 0 Å². The summed E-state index contributed by atoms with van der Waals surface area (Å²) in [5.41, 5.74) is 7.31. The number of piperidine rings is 1. The third-order valence-corrected chi connectivity index (χ3v) is 5.41. The first-order valence-electron chi connectivity index (χ1n) is 9.96. The zero-order valence-electron chi connectivity index (χ0n) is 16.1. The Labute approximate surface area is 168 Å². The molecule has 29 heavy (non-hydrogen) atoms. The van der Waals surface area contributed by atoms with Crippen LogP contribution in [-0.4, -0.2) is 51.7 Å². The van der Waals surface area contributed by atoms with E-state index in [0.29, 0.717) is 18.9 Å². The molecule has 1 saturated heterocycles. The number of carbonyl (C=O) groups excluding carboxylic acids is 3. The molecule has 0 bridgehead atoms. The van der Waals surface area contributed by atoms with Crippen molar-refractivity contribution in [2.75, 3.05) is 13.2 Å². The van der Waals surface area contributed by atoms with Crippen LogP contribution in [0.15, 0.2) is 36.4 Å². The Morgan fingerprint density at radius 1 is 1.10 bits per heavy atom. The molecule has 0 spiro atoms. The molecule has 1 aromatic carbocycles. The van der Waals surface area contributed by atoms with Crippen LogP contribution in [0, 0.1) is 0 Å². The van der Waals surface area contributed by atoms with Gasteiger partial charge < -0.3 is 15.4 Å². The van der Waals surface area contributed by atoms with Gasteiger partial charge in [0, 0.05) is 12.5 Å².